The number of benzene rings is 2. The summed E-state index contributed by atoms with van der Waals surface area (Å²) in [4.78, 5) is 93.4. The molecule has 1 aliphatic heterocycles. The molecule has 0 bridgehead atoms. The second kappa shape index (κ2) is 21.5. The molecule has 328 valence electrons. The zero-order valence-corrected chi connectivity index (χ0v) is 34.9. The van der Waals surface area contributed by atoms with Gasteiger partial charge in [0.2, 0.25) is 23.5 Å². The van der Waals surface area contributed by atoms with Gasteiger partial charge in [-0.2, -0.15) is 0 Å². The Bertz CT molecular complexity index is 2030. The minimum absolute atomic E-state index is 0.000191. The van der Waals surface area contributed by atoms with E-state index in [2.05, 4.69) is 20.9 Å². The fourth-order valence-corrected chi connectivity index (χ4v) is 8.28. The number of nitrogens with zero attached hydrogens (tertiary/aromatic N) is 4. The van der Waals surface area contributed by atoms with Crippen LogP contribution in [0.3, 0.4) is 0 Å². The zero-order valence-electron chi connectivity index (χ0n) is 34.9. The Labute approximate surface area is 355 Å². The van der Waals surface area contributed by atoms with E-state index >= 15 is 0 Å². The topological polar surface area (TPSA) is 259 Å². The van der Waals surface area contributed by atoms with E-state index in [0.717, 1.165) is 37.7 Å². The fraction of sp³-hybridized carbons (Fsp3) is 0.523. The van der Waals surface area contributed by atoms with Gasteiger partial charge in [-0.25, -0.2) is 9.48 Å². The van der Waals surface area contributed by atoms with Crippen molar-refractivity contribution in [1.82, 2.24) is 30.5 Å². The van der Waals surface area contributed by atoms with E-state index in [4.69, 9.17) is 16.2 Å². The molecular formula is C44H58N8O9. The van der Waals surface area contributed by atoms with Crippen molar-refractivity contribution in [2.45, 2.75) is 121 Å². The average molecular weight is 843 g/mol. The van der Waals surface area contributed by atoms with E-state index in [-0.39, 0.29) is 68.6 Å². The van der Waals surface area contributed by atoms with Crippen molar-refractivity contribution >= 4 is 41.3 Å². The smallest absolute Gasteiger partial charge is 0.407 e. The molecule has 1 aromatic heterocycles. The Kier molecular flexibility index (Phi) is 16.3. The van der Waals surface area contributed by atoms with Crippen LogP contribution in [0.25, 0.3) is 0 Å². The number of Topliss-reactive ketones (excluding diaryl/α,β-unsaturated/α-hetero) is 2. The van der Waals surface area contributed by atoms with Crippen LogP contribution < -0.4 is 22.1 Å². The van der Waals surface area contributed by atoms with Crippen LogP contribution in [-0.4, -0.2) is 91.5 Å². The first-order valence-corrected chi connectivity index (χ1v) is 21.1. The maximum Gasteiger partial charge on any atom is 0.407 e. The van der Waals surface area contributed by atoms with Gasteiger partial charge in [0, 0.05) is 43.0 Å². The van der Waals surface area contributed by atoms with Gasteiger partial charge in [0.1, 0.15) is 18.2 Å². The van der Waals surface area contributed by atoms with Gasteiger partial charge in [0.05, 0.1) is 24.0 Å². The standard InChI is InChI=1S/C44H58N8O9/c1-44(2,60)37-25-48-50-52(37)33-24-35(41(57)49-34(38(54)40(46)56)18-9-10-21-47-43(59)61-27-29-14-7-4-8-15-29)51(26-33)42(58)32(22-28-12-5-3-6-13-28)19-20-36(53)30-16-11-17-31(23-30)39(45)55/h4,7-8,11,14-17,23,25,28,32-35,60H,3,5-6,9-10,12-13,18-22,24,26-27H2,1-2H3,(H2,45,55)(H2,46,56)(H,47,59)(H,49,57)/t32-,33+,34?,35+/m1/s1. The Morgan fingerprint density at radius 3 is 2.34 bits per heavy atom. The number of ketones is 2. The molecule has 17 nitrogen and oxygen atoms in total. The number of nitrogens with two attached hydrogens (primary N) is 2. The van der Waals surface area contributed by atoms with E-state index in [1.54, 1.807) is 26.0 Å². The number of hydrogen-bond acceptors (Lipinski definition) is 11. The summed E-state index contributed by atoms with van der Waals surface area (Å²) in [6.45, 7) is 3.46. The maximum absolute atomic E-state index is 14.9. The van der Waals surface area contributed by atoms with Crippen LogP contribution in [0.2, 0.25) is 0 Å². The lowest BCUT2D eigenvalue weighted by Gasteiger charge is -2.32. The number of carbonyl (C=O) groups is 7. The van der Waals surface area contributed by atoms with E-state index in [9.17, 15) is 38.7 Å². The van der Waals surface area contributed by atoms with E-state index in [1.165, 1.54) is 27.9 Å². The number of amides is 5. The number of nitrogens with one attached hydrogen (secondary N) is 2. The first-order valence-electron chi connectivity index (χ1n) is 21.1. The summed E-state index contributed by atoms with van der Waals surface area (Å²) >= 11 is 0. The number of primary amides is 2. The van der Waals surface area contributed by atoms with Gasteiger partial charge in [-0.1, -0.05) is 79.8 Å². The van der Waals surface area contributed by atoms with Crippen molar-refractivity contribution in [2.75, 3.05) is 13.1 Å². The number of alkyl carbamates (subject to hydrolysis) is 1. The number of likely N-dealkylation sites (tertiary alicyclic amines) is 1. The van der Waals surface area contributed by atoms with Gasteiger partial charge in [-0.05, 0) is 69.6 Å². The highest BCUT2D eigenvalue weighted by molar-refractivity contribution is 6.37. The summed E-state index contributed by atoms with van der Waals surface area (Å²) in [6, 6.07) is 12.3. The second-order valence-corrected chi connectivity index (χ2v) is 16.6. The molecule has 4 atom stereocenters. The van der Waals surface area contributed by atoms with Crippen LogP contribution in [0.1, 0.15) is 129 Å². The predicted octanol–water partition coefficient (Wildman–Crippen LogP) is 3.63. The molecule has 61 heavy (non-hydrogen) atoms. The first-order chi connectivity index (χ1) is 29.1. The third kappa shape index (κ3) is 13.0. The Morgan fingerprint density at radius 2 is 1.66 bits per heavy atom. The third-order valence-electron chi connectivity index (χ3n) is 11.6. The quantitative estimate of drug-likeness (QED) is 0.0588. The highest BCUT2D eigenvalue weighted by Gasteiger charge is 2.45. The monoisotopic (exact) mass is 842 g/mol. The van der Waals surface area contributed by atoms with E-state index in [0.29, 0.717) is 30.5 Å². The van der Waals surface area contributed by atoms with Gasteiger partial charge in [0.15, 0.2) is 5.78 Å². The van der Waals surface area contributed by atoms with Gasteiger partial charge in [-0.15, -0.1) is 5.10 Å². The maximum atomic E-state index is 14.9. The van der Waals surface area contributed by atoms with Crippen molar-refractivity contribution in [2.24, 2.45) is 23.3 Å². The first kappa shape index (κ1) is 46.1. The Morgan fingerprint density at radius 1 is 0.934 bits per heavy atom. The molecular weight excluding hydrogens is 785 g/mol. The third-order valence-corrected chi connectivity index (χ3v) is 11.6. The lowest BCUT2D eigenvalue weighted by molar-refractivity contribution is -0.143. The number of aliphatic hydroxyl groups is 1. The largest absolute Gasteiger partial charge is 0.445 e. The summed E-state index contributed by atoms with van der Waals surface area (Å²) < 4.78 is 6.74. The molecule has 1 saturated carbocycles. The summed E-state index contributed by atoms with van der Waals surface area (Å²) in [5, 5.41) is 24.5. The molecule has 1 saturated heterocycles. The lowest BCUT2D eigenvalue weighted by Crippen LogP contribution is -2.53. The van der Waals surface area contributed by atoms with E-state index < -0.39 is 59.2 Å². The zero-order chi connectivity index (χ0) is 44.1. The summed E-state index contributed by atoms with van der Waals surface area (Å²) in [7, 11) is 0. The van der Waals surface area contributed by atoms with Crippen LogP contribution in [0, 0.1) is 11.8 Å². The van der Waals surface area contributed by atoms with Gasteiger partial charge in [0.25, 0.3) is 5.91 Å². The van der Waals surface area contributed by atoms with Gasteiger partial charge >= 0.3 is 6.09 Å². The van der Waals surface area contributed by atoms with Gasteiger partial charge < -0.3 is 36.8 Å². The molecule has 1 unspecified atom stereocenters. The number of ether oxygens (including phenoxy) is 1. The number of hydrogen-bond donors (Lipinski definition) is 5. The minimum Gasteiger partial charge on any atom is -0.445 e. The summed E-state index contributed by atoms with van der Waals surface area (Å²) in [5.41, 5.74) is 11.2. The normalized spacial score (nSPS) is 17.9. The molecule has 3 aromatic rings. The van der Waals surface area contributed by atoms with Crippen molar-refractivity contribution in [3.8, 4) is 0 Å². The predicted molar refractivity (Wildman–Crippen MR) is 222 cm³/mol. The van der Waals surface area contributed by atoms with Crippen LogP contribution in [-0.2, 0) is 36.1 Å². The highest BCUT2D eigenvalue weighted by Crippen LogP contribution is 2.36. The number of aromatic nitrogens is 3. The molecule has 17 heteroatoms. The van der Waals surface area contributed by atoms with Crippen molar-refractivity contribution < 1.29 is 43.4 Å². The average Bonchev–Trinajstić information content (AvgIpc) is 3.93. The molecule has 7 N–H and O–H groups in total. The van der Waals surface area contributed by atoms with Crippen LogP contribution in [0.5, 0.6) is 0 Å². The SMILES string of the molecule is CC(C)(O)c1cnnn1[C@H]1C[C@@H](C(=O)NC(CCCCNC(=O)OCc2ccccc2)C(=O)C(N)=O)N(C(=O)[C@H](CCC(=O)c2cccc(C(N)=O)c2)CC2CCCCC2)C1. The Balaban J connectivity index is 1.32. The number of unbranched alkanes of at least 4 members (excludes halogenated alkanes) is 1. The second-order valence-electron chi connectivity index (χ2n) is 16.6. The van der Waals surface area contributed by atoms with Crippen molar-refractivity contribution in [1.29, 1.82) is 0 Å². The molecule has 2 heterocycles. The molecule has 5 amide bonds. The van der Waals surface area contributed by atoms with Gasteiger partial charge in [-0.3, -0.25) is 28.8 Å². The summed E-state index contributed by atoms with van der Waals surface area (Å²) in [5.74, 6) is -4.62. The Hall–Kier alpha value is -5.97. The van der Waals surface area contributed by atoms with Crippen LogP contribution in [0.15, 0.2) is 60.8 Å². The molecule has 1 aliphatic carbocycles. The lowest BCUT2D eigenvalue weighted by atomic mass is 9.80. The van der Waals surface area contributed by atoms with Crippen molar-refractivity contribution in [3.63, 3.8) is 0 Å². The number of rotatable bonds is 21. The molecule has 2 aromatic carbocycles. The molecule has 2 aliphatic rings. The van der Waals surface area contributed by atoms with Crippen molar-refractivity contribution in [3.05, 3.63) is 83.2 Å². The highest BCUT2D eigenvalue weighted by atomic mass is 16.5. The molecule has 0 radical (unpaired) electrons. The number of carbonyl (C=O) groups excluding carboxylic acids is 7. The minimum atomic E-state index is -1.36. The molecule has 0 spiro atoms. The molecule has 2 fully saturated rings. The van der Waals surface area contributed by atoms with E-state index in [1.807, 2.05) is 30.3 Å². The molecule has 5 rings (SSSR count). The fourth-order valence-electron chi connectivity index (χ4n) is 8.28. The summed E-state index contributed by atoms with van der Waals surface area (Å²) in [6.07, 6.45) is 7.26. The van der Waals surface area contributed by atoms with Crippen LogP contribution in [0.4, 0.5) is 4.79 Å². The van der Waals surface area contributed by atoms with Crippen LogP contribution >= 0.6 is 0 Å².